The molecule has 0 saturated carbocycles. The fraction of sp³-hybridized carbons (Fsp3) is 0.176. The van der Waals surface area contributed by atoms with Crippen molar-refractivity contribution in [3.63, 3.8) is 0 Å². The van der Waals surface area contributed by atoms with E-state index in [-0.39, 0.29) is 12.0 Å². The molecule has 2 aromatic carbocycles. The minimum Gasteiger partial charge on any atom is -0.280 e. The Labute approximate surface area is 113 Å². The molecule has 0 aliphatic carbocycles. The van der Waals surface area contributed by atoms with Gasteiger partial charge >= 0.3 is 0 Å². The Kier molecular flexibility index (Phi) is 3.12. The Hall–Kier alpha value is -2.40. The first-order valence-corrected chi connectivity index (χ1v) is 6.45. The molecule has 19 heavy (non-hydrogen) atoms. The topological polar surface area (TPSA) is 36.1 Å². The van der Waals surface area contributed by atoms with Crippen molar-refractivity contribution in [3.05, 3.63) is 71.8 Å². The van der Waals surface area contributed by atoms with Crippen molar-refractivity contribution in [2.45, 2.75) is 12.5 Å². The summed E-state index contributed by atoms with van der Waals surface area (Å²) in [4.78, 5) is 4.77. The van der Waals surface area contributed by atoms with Gasteiger partial charge in [-0.05, 0) is 11.1 Å². The lowest BCUT2D eigenvalue weighted by Gasteiger charge is -2.10. The Morgan fingerprint density at radius 1 is 0.947 bits per heavy atom. The second-order valence-electron chi connectivity index (χ2n) is 4.74. The molecule has 0 bridgehead atoms. The van der Waals surface area contributed by atoms with E-state index in [1.165, 1.54) is 0 Å². The molecule has 3 rings (SSSR count). The molecular formula is C17H14N2. The molecule has 0 saturated heterocycles. The second kappa shape index (κ2) is 5.07. The van der Waals surface area contributed by atoms with Crippen LogP contribution in [0.5, 0.6) is 0 Å². The normalized spacial score (nSPS) is 21.7. The maximum absolute atomic E-state index is 9.34. The fourth-order valence-corrected chi connectivity index (χ4v) is 2.53. The molecule has 0 fully saturated rings. The number of benzene rings is 2. The maximum Gasteiger partial charge on any atom is 0.0914 e. The quantitative estimate of drug-likeness (QED) is 0.794. The molecule has 0 radical (unpaired) electrons. The highest BCUT2D eigenvalue weighted by atomic mass is 14.9. The zero-order chi connectivity index (χ0) is 13.1. The van der Waals surface area contributed by atoms with Crippen molar-refractivity contribution in [1.82, 2.24) is 0 Å². The molecule has 92 valence electrons. The van der Waals surface area contributed by atoms with E-state index in [1.54, 1.807) is 0 Å². The molecule has 2 aromatic rings. The van der Waals surface area contributed by atoms with Crippen molar-refractivity contribution in [1.29, 1.82) is 5.26 Å². The van der Waals surface area contributed by atoms with Crippen LogP contribution in [0.25, 0.3) is 0 Å². The Morgan fingerprint density at radius 2 is 1.58 bits per heavy atom. The van der Waals surface area contributed by atoms with Crippen LogP contribution in [0.15, 0.2) is 65.7 Å². The van der Waals surface area contributed by atoms with Gasteiger partial charge in [0.2, 0.25) is 0 Å². The zero-order valence-electron chi connectivity index (χ0n) is 10.5. The number of hydrogen-bond acceptors (Lipinski definition) is 2. The van der Waals surface area contributed by atoms with Crippen LogP contribution in [-0.4, -0.2) is 5.71 Å². The number of nitrogens with zero attached hydrogens (tertiary/aromatic N) is 2. The number of nitriles is 1. The molecular weight excluding hydrogens is 232 g/mol. The predicted molar refractivity (Wildman–Crippen MR) is 75.9 cm³/mol. The first-order valence-electron chi connectivity index (χ1n) is 6.45. The third-order valence-electron chi connectivity index (χ3n) is 3.50. The zero-order valence-corrected chi connectivity index (χ0v) is 10.5. The van der Waals surface area contributed by atoms with Crippen LogP contribution < -0.4 is 0 Å². The lowest BCUT2D eigenvalue weighted by Crippen LogP contribution is -2.04. The summed E-state index contributed by atoms with van der Waals surface area (Å²) in [5.41, 5.74) is 3.29. The van der Waals surface area contributed by atoms with E-state index < -0.39 is 0 Å². The van der Waals surface area contributed by atoms with Gasteiger partial charge in [-0.1, -0.05) is 60.7 Å². The van der Waals surface area contributed by atoms with Crippen molar-refractivity contribution in [2.24, 2.45) is 10.9 Å². The molecule has 1 aliphatic rings. The summed E-state index contributed by atoms with van der Waals surface area (Å²) in [5.74, 6) is -0.0578. The van der Waals surface area contributed by atoms with Crippen LogP contribution in [0.3, 0.4) is 0 Å². The van der Waals surface area contributed by atoms with Gasteiger partial charge in [-0.2, -0.15) is 5.26 Å². The van der Waals surface area contributed by atoms with E-state index in [0.29, 0.717) is 0 Å². The molecule has 0 spiro atoms. The summed E-state index contributed by atoms with van der Waals surface area (Å²) in [7, 11) is 0. The molecule has 0 unspecified atom stereocenters. The van der Waals surface area contributed by atoms with Crippen molar-refractivity contribution in [3.8, 4) is 6.07 Å². The van der Waals surface area contributed by atoms with Crippen LogP contribution >= 0.6 is 0 Å². The van der Waals surface area contributed by atoms with E-state index in [9.17, 15) is 5.26 Å². The first-order chi connectivity index (χ1) is 9.38. The van der Waals surface area contributed by atoms with E-state index in [4.69, 9.17) is 4.99 Å². The summed E-state index contributed by atoms with van der Waals surface area (Å²) in [5, 5.41) is 9.34. The fourth-order valence-electron chi connectivity index (χ4n) is 2.53. The highest BCUT2D eigenvalue weighted by Crippen LogP contribution is 2.35. The highest BCUT2D eigenvalue weighted by molar-refractivity contribution is 6.02. The number of rotatable bonds is 2. The molecule has 0 amide bonds. The summed E-state index contributed by atoms with van der Waals surface area (Å²) in [6.45, 7) is 0. The second-order valence-corrected chi connectivity index (χ2v) is 4.74. The molecule has 2 nitrogen and oxygen atoms in total. The summed E-state index contributed by atoms with van der Waals surface area (Å²) >= 11 is 0. The van der Waals surface area contributed by atoms with E-state index >= 15 is 0 Å². The average Bonchev–Trinajstić information content (AvgIpc) is 2.93. The molecule has 1 aliphatic heterocycles. The van der Waals surface area contributed by atoms with E-state index in [1.807, 2.05) is 48.5 Å². The smallest absolute Gasteiger partial charge is 0.0914 e. The van der Waals surface area contributed by atoms with E-state index in [0.717, 1.165) is 23.3 Å². The minimum atomic E-state index is -0.0578. The summed E-state index contributed by atoms with van der Waals surface area (Å²) < 4.78 is 0. The van der Waals surface area contributed by atoms with Gasteiger partial charge in [-0.25, -0.2) is 0 Å². The van der Waals surface area contributed by atoms with Crippen molar-refractivity contribution < 1.29 is 0 Å². The van der Waals surface area contributed by atoms with Crippen LogP contribution in [0.2, 0.25) is 0 Å². The van der Waals surface area contributed by atoms with Crippen LogP contribution in [-0.2, 0) is 0 Å². The van der Waals surface area contributed by atoms with Crippen LogP contribution in [0, 0.1) is 17.2 Å². The lowest BCUT2D eigenvalue weighted by atomic mass is 9.93. The third-order valence-corrected chi connectivity index (χ3v) is 3.50. The standard InChI is InChI=1S/C17H14N2/c18-12-15-11-16(13-7-3-1-4-8-13)19-17(15)14-9-5-2-6-10-14/h1-10,15,17H,11H2/t15-,17-/m1/s1. The van der Waals surface area contributed by atoms with Crippen LogP contribution in [0.4, 0.5) is 0 Å². The predicted octanol–water partition coefficient (Wildman–Crippen LogP) is 3.76. The molecule has 0 N–H and O–H groups in total. The van der Waals surface area contributed by atoms with E-state index in [2.05, 4.69) is 18.2 Å². The van der Waals surface area contributed by atoms with Gasteiger partial charge in [-0.15, -0.1) is 0 Å². The lowest BCUT2D eigenvalue weighted by molar-refractivity contribution is 0.594. The van der Waals surface area contributed by atoms with Crippen molar-refractivity contribution >= 4 is 5.71 Å². The molecule has 1 heterocycles. The van der Waals surface area contributed by atoms with Gasteiger partial charge in [-0.3, -0.25) is 4.99 Å². The Balaban J connectivity index is 1.96. The van der Waals surface area contributed by atoms with Gasteiger partial charge in [0.15, 0.2) is 0 Å². The number of aliphatic imine (C=N–C) groups is 1. The molecule has 2 atom stereocenters. The summed E-state index contributed by atoms with van der Waals surface area (Å²) in [6.07, 6.45) is 0.736. The summed E-state index contributed by atoms with van der Waals surface area (Å²) in [6, 6.07) is 22.6. The SMILES string of the molecule is N#C[C@H]1CC(c2ccccc2)=N[C@@H]1c1ccccc1. The Bertz CT molecular complexity index is 623. The largest absolute Gasteiger partial charge is 0.280 e. The van der Waals surface area contributed by atoms with Crippen LogP contribution in [0.1, 0.15) is 23.6 Å². The first kappa shape index (κ1) is 11.7. The minimum absolute atomic E-state index is 0.0265. The van der Waals surface area contributed by atoms with Gasteiger partial charge in [0.05, 0.1) is 18.0 Å². The third kappa shape index (κ3) is 2.28. The molecule has 2 heteroatoms. The monoisotopic (exact) mass is 246 g/mol. The van der Waals surface area contributed by atoms with Crippen molar-refractivity contribution in [2.75, 3.05) is 0 Å². The highest BCUT2D eigenvalue weighted by Gasteiger charge is 2.30. The Morgan fingerprint density at radius 3 is 2.21 bits per heavy atom. The number of hydrogen-bond donors (Lipinski definition) is 0. The van der Waals surface area contributed by atoms with Gasteiger partial charge in [0, 0.05) is 12.1 Å². The maximum atomic E-state index is 9.34. The molecule has 0 aromatic heterocycles. The van der Waals surface area contributed by atoms with Gasteiger partial charge in [0.25, 0.3) is 0 Å². The average molecular weight is 246 g/mol. The van der Waals surface area contributed by atoms with Gasteiger partial charge in [0.1, 0.15) is 0 Å². The van der Waals surface area contributed by atoms with Gasteiger partial charge < -0.3 is 0 Å².